The second-order valence-corrected chi connectivity index (χ2v) is 12.8. The number of amides is 1. The van der Waals surface area contributed by atoms with Crippen molar-refractivity contribution in [2.75, 3.05) is 0 Å². The van der Waals surface area contributed by atoms with Gasteiger partial charge in [-0.1, -0.05) is 33.8 Å². The Labute approximate surface area is 140 Å². The first-order valence-corrected chi connectivity index (χ1v) is 11.4. The number of aliphatic imine (C=N–C) groups is 1. The molecule has 4 atom stereocenters. The number of rotatable bonds is 4. The van der Waals surface area contributed by atoms with Gasteiger partial charge < -0.3 is 14.9 Å². The maximum Gasteiger partial charge on any atom is 0.257 e. The van der Waals surface area contributed by atoms with Crippen LogP contribution in [0.4, 0.5) is 0 Å². The summed E-state index contributed by atoms with van der Waals surface area (Å²) in [6.07, 6.45) is 5.05. The summed E-state index contributed by atoms with van der Waals surface area (Å²) in [4.78, 5) is 16.0. The minimum absolute atomic E-state index is 0.0404. The van der Waals surface area contributed by atoms with Crippen LogP contribution < -0.4 is 5.73 Å². The van der Waals surface area contributed by atoms with Crippen molar-refractivity contribution in [2.24, 2.45) is 16.6 Å². The summed E-state index contributed by atoms with van der Waals surface area (Å²) in [5.74, 6) is -0.285. The van der Waals surface area contributed by atoms with Crippen molar-refractivity contribution in [1.29, 1.82) is 0 Å². The molecule has 23 heavy (non-hydrogen) atoms. The van der Waals surface area contributed by atoms with Crippen molar-refractivity contribution < 1.29 is 14.0 Å². The van der Waals surface area contributed by atoms with Crippen molar-refractivity contribution in [3.8, 4) is 0 Å². The van der Waals surface area contributed by atoms with Gasteiger partial charge in [0, 0.05) is 6.42 Å². The highest BCUT2D eigenvalue weighted by Gasteiger charge is 2.46. The Balaban J connectivity index is 2.09. The number of amidine groups is 1. The fourth-order valence-corrected chi connectivity index (χ4v) is 4.18. The molecule has 2 aliphatic rings. The second-order valence-electron chi connectivity index (χ2n) is 8.03. The Morgan fingerprint density at radius 1 is 1.43 bits per heavy atom. The van der Waals surface area contributed by atoms with Gasteiger partial charge in [0.15, 0.2) is 8.32 Å². The minimum atomic E-state index is -1.87. The Morgan fingerprint density at radius 2 is 2.09 bits per heavy atom. The largest absolute Gasteiger partial charge is 0.411 e. The standard InChI is InChI=1S/C17H30N2O3Si/c1-7-12-14(22-23(5,6)17(2,3)4)10-13(21-12)11-8-9-15(18)19-16(11)20/h8-9,11-14H,7,10H2,1-6H3,(H2,18,19,20)/t11?,12-,13-,14?/m1/s1. The van der Waals surface area contributed by atoms with E-state index in [0.29, 0.717) is 0 Å². The first kappa shape index (κ1) is 18.4. The number of carbonyl (C=O) groups is 1. The fourth-order valence-electron chi connectivity index (χ4n) is 2.82. The summed E-state index contributed by atoms with van der Waals surface area (Å²) in [6, 6.07) is 0. The van der Waals surface area contributed by atoms with E-state index in [4.69, 9.17) is 14.9 Å². The van der Waals surface area contributed by atoms with Gasteiger partial charge in [-0.15, -0.1) is 0 Å². The Morgan fingerprint density at radius 3 is 2.61 bits per heavy atom. The van der Waals surface area contributed by atoms with Crippen LogP contribution in [0, 0.1) is 5.92 Å². The Hall–Kier alpha value is -0.983. The second kappa shape index (κ2) is 6.49. The average molecular weight is 339 g/mol. The molecule has 0 aromatic carbocycles. The molecule has 2 unspecified atom stereocenters. The molecular formula is C17H30N2O3Si. The highest BCUT2D eigenvalue weighted by molar-refractivity contribution is 6.74. The molecule has 0 bridgehead atoms. The van der Waals surface area contributed by atoms with Gasteiger partial charge in [-0.05, 0) is 30.6 Å². The molecular weight excluding hydrogens is 308 g/mol. The Bertz CT molecular complexity index is 522. The maximum absolute atomic E-state index is 12.1. The van der Waals surface area contributed by atoms with E-state index in [-0.39, 0.29) is 41.0 Å². The zero-order chi connectivity index (χ0) is 17.4. The van der Waals surface area contributed by atoms with Gasteiger partial charge >= 0.3 is 0 Å². The van der Waals surface area contributed by atoms with Crippen LogP contribution in [0.15, 0.2) is 17.1 Å². The molecule has 2 heterocycles. The van der Waals surface area contributed by atoms with Crippen LogP contribution in [0.2, 0.25) is 18.1 Å². The van der Waals surface area contributed by atoms with Gasteiger partial charge in [0.1, 0.15) is 5.84 Å². The summed E-state index contributed by atoms with van der Waals surface area (Å²) in [6.45, 7) is 13.3. The van der Waals surface area contributed by atoms with E-state index in [9.17, 15) is 4.79 Å². The number of nitrogens with zero attached hydrogens (tertiary/aromatic N) is 1. The van der Waals surface area contributed by atoms with E-state index >= 15 is 0 Å². The lowest BCUT2D eigenvalue weighted by Crippen LogP contribution is -2.45. The number of hydrogen-bond donors (Lipinski definition) is 1. The quantitative estimate of drug-likeness (QED) is 0.800. The van der Waals surface area contributed by atoms with E-state index in [2.05, 4.69) is 45.8 Å². The molecule has 130 valence electrons. The molecule has 2 N–H and O–H groups in total. The molecule has 0 radical (unpaired) electrons. The number of dihydropyridines is 1. The number of hydrogen-bond acceptors (Lipinski definition) is 4. The van der Waals surface area contributed by atoms with E-state index < -0.39 is 8.32 Å². The molecule has 1 fully saturated rings. The van der Waals surface area contributed by atoms with Crippen LogP contribution in [0.25, 0.3) is 0 Å². The van der Waals surface area contributed by atoms with Crippen LogP contribution in [-0.2, 0) is 14.0 Å². The summed E-state index contributed by atoms with van der Waals surface area (Å²) in [5.41, 5.74) is 5.58. The number of carbonyl (C=O) groups excluding carboxylic acids is 1. The van der Waals surface area contributed by atoms with Gasteiger partial charge in [0.05, 0.1) is 24.2 Å². The van der Waals surface area contributed by atoms with Crippen molar-refractivity contribution in [3.05, 3.63) is 12.2 Å². The third kappa shape index (κ3) is 3.92. The van der Waals surface area contributed by atoms with Gasteiger partial charge in [0.25, 0.3) is 5.91 Å². The summed E-state index contributed by atoms with van der Waals surface area (Å²) in [5, 5.41) is 0.155. The lowest BCUT2D eigenvalue weighted by atomic mass is 9.96. The van der Waals surface area contributed by atoms with Crippen LogP contribution in [0.5, 0.6) is 0 Å². The smallest absolute Gasteiger partial charge is 0.257 e. The lowest BCUT2D eigenvalue weighted by Gasteiger charge is -2.39. The van der Waals surface area contributed by atoms with Gasteiger partial charge in [-0.3, -0.25) is 4.79 Å². The van der Waals surface area contributed by atoms with E-state index in [0.717, 1.165) is 12.8 Å². The van der Waals surface area contributed by atoms with E-state index in [1.807, 2.05) is 6.08 Å². The third-order valence-electron chi connectivity index (χ3n) is 5.28. The normalized spacial score (nSPS) is 32.3. The molecule has 0 spiro atoms. The molecule has 2 aliphatic heterocycles. The predicted molar refractivity (Wildman–Crippen MR) is 94.9 cm³/mol. The van der Waals surface area contributed by atoms with Crippen molar-refractivity contribution >= 4 is 20.1 Å². The van der Waals surface area contributed by atoms with Gasteiger partial charge in [0.2, 0.25) is 0 Å². The highest BCUT2D eigenvalue weighted by atomic mass is 28.4. The van der Waals surface area contributed by atoms with Crippen molar-refractivity contribution in [2.45, 2.75) is 77.0 Å². The SMILES string of the molecule is CC[C@H]1O[C@@H](C2C=CC(N)=NC2=O)CC1O[Si](C)(C)C(C)(C)C. The predicted octanol–water partition coefficient (Wildman–Crippen LogP) is 3.01. The third-order valence-corrected chi connectivity index (χ3v) is 9.79. The zero-order valence-electron chi connectivity index (χ0n) is 15.1. The molecule has 1 amide bonds. The fraction of sp³-hybridized carbons (Fsp3) is 0.765. The summed E-state index contributed by atoms with van der Waals surface area (Å²) < 4.78 is 12.7. The molecule has 0 aromatic rings. The molecule has 0 aromatic heterocycles. The zero-order valence-corrected chi connectivity index (χ0v) is 16.1. The van der Waals surface area contributed by atoms with Crippen molar-refractivity contribution in [1.82, 2.24) is 0 Å². The Kier molecular flexibility index (Phi) is 5.18. The molecule has 5 nitrogen and oxygen atoms in total. The van der Waals surface area contributed by atoms with Gasteiger partial charge in [-0.25, -0.2) is 0 Å². The summed E-state index contributed by atoms with van der Waals surface area (Å²) in [7, 11) is -1.87. The minimum Gasteiger partial charge on any atom is -0.411 e. The summed E-state index contributed by atoms with van der Waals surface area (Å²) >= 11 is 0. The van der Waals surface area contributed by atoms with E-state index in [1.54, 1.807) is 6.08 Å². The number of nitrogens with two attached hydrogens (primary N) is 1. The number of ether oxygens (including phenoxy) is 1. The van der Waals surface area contributed by atoms with Crippen LogP contribution in [0.1, 0.15) is 40.5 Å². The first-order valence-electron chi connectivity index (χ1n) is 8.44. The lowest BCUT2D eigenvalue weighted by molar-refractivity contribution is -0.124. The highest BCUT2D eigenvalue weighted by Crippen LogP contribution is 2.41. The maximum atomic E-state index is 12.1. The monoisotopic (exact) mass is 338 g/mol. The topological polar surface area (TPSA) is 73.9 Å². The van der Waals surface area contributed by atoms with E-state index in [1.165, 1.54) is 0 Å². The van der Waals surface area contributed by atoms with Crippen molar-refractivity contribution in [3.63, 3.8) is 0 Å². The molecule has 0 saturated carbocycles. The average Bonchev–Trinajstić information content (AvgIpc) is 2.79. The van der Waals surface area contributed by atoms with Crippen LogP contribution in [0.3, 0.4) is 0 Å². The molecule has 6 heteroatoms. The van der Waals surface area contributed by atoms with Crippen LogP contribution >= 0.6 is 0 Å². The molecule has 1 saturated heterocycles. The molecule has 0 aliphatic carbocycles. The molecule has 2 rings (SSSR count). The van der Waals surface area contributed by atoms with Gasteiger partial charge in [-0.2, -0.15) is 4.99 Å². The first-order chi connectivity index (χ1) is 10.5. The van der Waals surface area contributed by atoms with Crippen LogP contribution in [-0.4, -0.2) is 38.4 Å².